The normalized spacial score (nSPS) is 16.9. The molecule has 2 aromatic rings. The molecule has 1 unspecified atom stereocenters. The number of hydrogen-bond acceptors (Lipinski definition) is 3. The van der Waals surface area contributed by atoms with Gasteiger partial charge in [-0.15, -0.1) is 0 Å². The summed E-state index contributed by atoms with van der Waals surface area (Å²) in [5.41, 5.74) is 1.72. The first-order valence-electron chi connectivity index (χ1n) is 8.67. The number of pyridine rings is 1. The summed E-state index contributed by atoms with van der Waals surface area (Å²) in [6.07, 6.45) is 5.47. The number of likely N-dealkylation sites (N-methyl/N-ethyl adjacent to an activating group) is 1. The Kier molecular flexibility index (Phi) is 5.43. The summed E-state index contributed by atoms with van der Waals surface area (Å²) in [4.78, 5) is 20.8. The Morgan fingerprint density at radius 1 is 1.16 bits per heavy atom. The number of benzene rings is 1. The number of amides is 1. The second-order valence-electron chi connectivity index (χ2n) is 6.77. The minimum absolute atomic E-state index is 0.0247. The maximum absolute atomic E-state index is 14.2. The van der Waals surface area contributed by atoms with Crippen molar-refractivity contribution in [1.29, 1.82) is 0 Å². The summed E-state index contributed by atoms with van der Waals surface area (Å²) in [6.45, 7) is 1.40. The lowest BCUT2D eigenvalue weighted by atomic mass is 9.89. The van der Waals surface area contributed by atoms with Gasteiger partial charge in [-0.25, -0.2) is 4.39 Å². The van der Waals surface area contributed by atoms with Crippen LogP contribution in [0, 0.1) is 5.82 Å². The molecule has 0 bridgehead atoms. The molecule has 0 N–H and O–H groups in total. The van der Waals surface area contributed by atoms with Gasteiger partial charge in [-0.2, -0.15) is 0 Å². The van der Waals surface area contributed by atoms with Crippen LogP contribution >= 0.6 is 0 Å². The van der Waals surface area contributed by atoms with E-state index in [1.165, 1.54) is 11.6 Å². The topological polar surface area (TPSA) is 36.4 Å². The highest BCUT2D eigenvalue weighted by Crippen LogP contribution is 2.30. The molecule has 0 spiro atoms. The number of aromatic nitrogens is 1. The van der Waals surface area contributed by atoms with Gasteiger partial charge in [0.1, 0.15) is 11.9 Å². The number of piperidine rings is 1. The lowest BCUT2D eigenvalue weighted by Gasteiger charge is -2.36. The van der Waals surface area contributed by atoms with Crippen LogP contribution in [0.3, 0.4) is 0 Å². The van der Waals surface area contributed by atoms with Crippen LogP contribution in [0.2, 0.25) is 0 Å². The van der Waals surface area contributed by atoms with Crippen molar-refractivity contribution in [3.8, 4) is 0 Å². The van der Waals surface area contributed by atoms with Crippen LogP contribution in [0.4, 0.5) is 4.39 Å². The molecule has 25 heavy (non-hydrogen) atoms. The van der Waals surface area contributed by atoms with Crippen LogP contribution < -0.4 is 0 Å². The molecule has 5 heteroatoms. The van der Waals surface area contributed by atoms with Crippen molar-refractivity contribution in [3.05, 3.63) is 65.7 Å². The molecule has 1 aromatic carbocycles. The standard InChI is InChI=1S/C20H24FN3O/c1-23(2)19(17-5-3-4-6-18(17)21)20(25)24-13-9-16(10-14-24)15-7-11-22-12-8-15/h3-8,11-12,16,19H,9-10,13-14H2,1-2H3. The number of rotatable bonds is 4. The maximum atomic E-state index is 14.2. The number of halogens is 1. The lowest BCUT2D eigenvalue weighted by Crippen LogP contribution is -2.44. The molecule has 132 valence electrons. The number of nitrogens with zero attached hydrogens (tertiary/aromatic N) is 3. The molecule has 2 heterocycles. The van der Waals surface area contributed by atoms with Crippen molar-refractivity contribution >= 4 is 5.91 Å². The first-order valence-corrected chi connectivity index (χ1v) is 8.67. The SMILES string of the molecule is CN(C)C(C(=O)N1CCC(c2ccncc2)CC1)c1ccccc1F. The highest BCUT2D eigenvalue weighted by molar-refractivity contribution is 5.83. The molecule has 1 amide bonds. The van der Waals surface area contributed by atoms with Gasteiger partial charge in [0.2, 0.25) is 5.91 Å². The van der Waals surface area contributed by atoms with Crippen molar-refractivity contribution in [3.63, 3.8) is 0 Å². The molecular formula is C20H24FN3O. The molecule has 3 rings (SSSR count). The number of hydrogen-bond donors (Lipinski definition) is 0. The average molecular weight is 341 g/mol. The van der Waals surface area contributed by atoms with Gasteiger partial charge in [0.15, 0.2) is 0 Å². The smallest absolute Gasteiger partial charge is 0.244 e. The Bertz CT molecular complexity index is 712. The van der Waals surface area contributed by atoms with Crippen LogP contribution in [-0.4, -0.2) is 47.9 Å². The van der Waals surface area contributed by atoms with Crippen LogP contribution in [-0.2, 0) is 4.79 Å². The third-order valence-electron chi connectivity index (χ3n) is 4.93. The third kappa shape index (κ3) is 3.87. The van der Waals surface area contributed by atoms with E-state index in [2.05, 4.69) is 4.98 Å². The quantitative estimate of drug-likeness (QED) is 0.857. The van der Waals surface area contributed by atoms with E-state index in [-0.39, 0.29) is 11.7 Å². The molecule has 1 aliphatic rings. The Hall–Kier alpha value is -2.27. The number of likely N-dealkylation sites (tertiary alicyclic amines) is 1. The molecule has 0 aliphatic carbocycles. The van der Waals surface area contributed by atoms with E-state index >= 15 is 0 Å². The van der Waals surface area contributed by atoms with E-state index in [9.17, 15) is 9.18 Å². The predicted molar refractivity (Wildman–Crippen MR) is 95.6 cm³/mol. The van der Waals surface area contributed by atoms with Crippen molar-refractivity contribution in [2.75, 3.05) is 27.2 Å². The highest BCUT2D eigenvalue weighted by Gasteiger charge is 2.32. The zero-order valence-electron chi connectivity index (χ0n) is 14.7. The van der Waals surface area contributed by atoms with Gasteiger partial charge in [0.05, 0.1) is 0 Å². The maximum Gasteiger partial charge on any atom is 0.244 e. The van der Waals surface area contributed by atoms with E-state index in [0.29, 0.717) is 24.6 Å². The van der Waals surface area contributed by atoms with E-state index in [0.717, 1.165) is 12.8 Å². The second kappa shape index (κ2) is 7.74. The Morgan fingerprint density at radius 2 is 1.80 bits per heavy atom. The molecule has 1 saturated heterocycles. The van der Waals surface area contributed by atoms with Gasteiger partial charge in [0.25, 0.3) is 0 Å². The molecule has 4 nitrogen and oxygen atoms in total. The Labute approximate surface area is 148 Å². The van der Waals surface area contributed by atoms with Gasteiger partial charge < -0.3 is 4.90 Å². The largest absolute Gasteiger partial charge is 0.341 e. The minimum Gasteiger partial charge on any atom is -0.341 e. The number of carbonyl (C=O) groups excluding carboxylic acids is 1. The van der Waals surface area contributed by atoms with Crippen molar-refractivity contribution < 1.29 is 9.18 Å². The molecule has 1 aromatic heterocycles. The van der Waals surface area contributed by atoms with E-state index in [1.54, 1.807) is 23.1 Å². The molecule has 1 fully saturated rings. The van der Waals surface area contributed by atoms with Gasteiger partial charge in [-0.3, -0.25) is 14.7 Å². The molecule has 1 aliphatic heterocycles. The fourth-order valence-corrected chi connectivity index (χ4v) is 3.57. The van der Waals surface area contributed by atoms with E-state index in [4.69, 9.17) is 0 Å². The fourth-order valence-electron chi connectivity index (χ4n) is 3.57. The third-order valence-corrected chi connectivity index (χ3v) is 4.93. The zero-order chi connectivity index (χ0) is 17.8. The lowest BCUT2D eigenvalue weighted by molar-refractivity contribution is -0.137. The Morgan fingerprint density at radius 3 is 2.40 bits per heavy atom. The van der Waals surface area contributed by atoms with Crippen molar-refractivity contribution in [2.24, 2.45) is 0 Å². The number of carbonyl (C=O) groups is 1. The monoisotopic (exact) mass is 341 g/mol. The molecular weight excluding hydrogens is 317 g/mol. The summed E-state index contributed by atoms with van der Waals surface area (Å²) in [6, 6.07) is 10.0. The average Bonchev–Trinajstić information content (AvgIpc) is 2.64. The minimum atomic E-state index is -0.585. The summed E-state index contributed by atoms with van der Waals surface area (Å²) in [5.74, 6) is 0.0998. The predicted octanol–water partition coefficient (Wildman–Crippen LogP) is 3.23. The summed E-state index contributed by atoms with van der Waals surface area (Å²) < 4.78 is 14.2. The van der Waals surface area contributed by atoms with Crippen molar-refractivity contribution in [2.45, 2.75) is 24.8 Å². The van der Waals surface area contributed by atoms with Crippen LogP contribution in [0.25, 0.3) is 0 Å². The van der Waals surface area contributed by atoms with Crippen molar-refractivity contribution in [1.82, 2.24) is 14.8 Å². The second-order valence-corrected chi connectivity index (χ2v) is 6.77. The summed E-state index contributed by atoms with van der Waals surface area (Å²) in [5, 5.41) is 0. The first kappa shape index (κ1) is 17.5. The van der Waals surface area contributed by atoms with Gasteiger partial charge in [0, 0.05) is 31.0 Å². The molecule has 1 atom stereocenters. The van der Waals surface area contributed by atoms with Gasteiger partial charge >= 0.3 is 0 Å². The van der Waals surface area contributed by atoms with Gasteiger partial charge in [-0.1, -0.05) is 18.2 Å². The summed E-state index contributed by atoms with van der Waals surface area (Å²) >= 11 is 0. The zero-order valence-corrected chi connectivity index (χ0v) is 14.7. The van der Waals surface area contributed by atoms with Crippen LogP contribution in [0.15, 0.2) is 48.8 Å². The molecule has 0 saturated carbocycles. The fraction of sp³-hybridized carbons (Fsp3) is 0.400. The summed E-state index contributed by atoms with van der Waals surface area (Å²) in [7, 11) is 3.64. The van der Waals surface area contributed by atoms with Crippen LogP contribution in [0.5, 0.6) is 0 Å². The Balaban J connectivity index is 1.71. The van der Waals surface area contributed by atoms with Gasteiger partial charge in [-0.05, 0) is 56.6 Å². The van der Waals surface area contributed by atoms with E-state index < -0.39 is 6.04 Å². The molecule has 0 radical (unpaired) electrons. The first-order chi connectivity index (χ1) is 12.1. The van der Waals surface area contributed by atoms with Crippen LogP contribution in [0.1, 0.15) is 35.9 Å². The van der Waals surface area contributed by atoms with E-state index in [1.807, 2.05) is 43.5 Å². The highest BCUT2D eigenvalue weighted by atomic mass is 19.1.